The maximum Gasteiger partial charge on any atom is 0.496 e. The molecule has 12 heteroatoms. The number of carbonyl (C=O) groups is 3. The first-order valence-corrected chi connectivity index (χ1v) is 17.3. The van der Waals surface area contributed by atoms with E-state index in [1.54, 1.807) is 39.0 Å². The van der Waals surface area contributed by atoms with Crippen molar-refractivity contribution in [3.63, 3.8) is 0 Å². The third-order valence-electron chi connectivity index (χ3n) is 8.72. The number of halogens is 1. The molecule has 1 saturated heterocycles. The summed E-state index contributed by atoms with van der Waals surface area (Å²) in [6.07, 6.45) is 0.180. The molecule has 0 radical (unpaired) electrons. The van der Waals surface area contributed by atoms with E-state index in [9.17, 15) is 14.4 Å². The van der Waals surface area contributed by atoms with Crippen LogP contribution in [-0.4, -0.2) is 73.5 Å². The summed E-state index contributed by atoms with van der Waals surface area (Å²) in [5.41, 5.74) is 2.81. The molecule has 2 amide bonds. The van der Waals surface area contributed by atoms with Crippen molar-refractivity contribution in [1.82, 2.24) is 10.2 Å². The number of methoxy groups -OCH3 is 1. The Labute approximate surface area is 301 Å². The molecular formula is C38H49BClN3O7. The van der Waals surface area contributed by atoms with E-state index in [2.05, 4.69) is 10.6 Å². The Hall–Kier alpha value is -4.06. The van der Waals surface area contributed by atoms with E-state index in [1.165, 1.54) is 12.0 Å². The van der Waals surface area contributed by atoms with Crippen LogP contribution in [0.3, 0.4) is 0 Å². The van der Waals surface area contributed by atoms with E-state index >= 15 is 0 Å². The van der Waals surface area contributed by atoms with Crippen LogP contribution < -0.4 is 16.1 Å². The van der Waals surface area contributed by atoms with Crippen LogP contribution in [0.15, 0.2) is 66.7 Å². The highest BCUT2D eigenvalue weighted by Crippen LogP contribution is 2.37. The van der Waals surface area contributed by atoms with Gasteiger partial charge in [0.1, 0.15) is 5.60 Å². The maximum atomic E-state index is 13.1. The van der Waals surface area contributed by atoms with Crippen LogP contribution in [0.5, 0.6) is 0 Å². The lowest BCUT2D eigenvalue weighted by atomic mass is 9.77. The zero-order valence-corrected chi connectivity index (χ0v) is 31.1. The Kier molecular flexibility index (Phi) is 12.6. The normalized spacial score (nSPS) is 14.9. The molecule has 0 saturated carbocycles. The minimum atomic E-state index is -0.696. The number of esters is 1. The number of anilines is 1. The highest BCUT2D eigenvalue weighted by Gasteiger charge is 2.52. The predicted octanol–water partition coefficient (Wildman–Crippen LogP) is 6.84. The summed E-state index contributed by atoms with van der Waals surface area (Å²) in [5, 5.41) is 6.88. The van der Waals surface area contributed by atoms with Crippen LogP contribution >= 0.6 is 11.6 Å². The summed E-state index contributed by atoms with van der Waals surface area (Å²) in [7, 11) is 0.714. The van der Waals surface area contributed by atoms with Crippen molar-refractivity contribution in [2.24, 2.45) is 0 Å². The van der Waals surface area contributed by atoms with E-state index < -0.39 is 36.0 Å². The van der Waals surface area contributed by atoms with Crippen LogP contribution in [-0.2, 0) is 30.1 Å². The Bertz CT molecular complexity index is 1640. The average Bonchev–Trinajstić information content (AvgIpc) is 3.27. The molecule has 1 aliphatic rings. The Morgan fingerprint density at radius 3 is 2.22 bits per heavy atom. The zero-order valence-electron chi connectivity index (χ0n) is 30.4. The van der Waals surface area contributed by atoms with E-state index in [4.69, 9.17) is 30.4 Å². The monoisotopic (exact) mass is 705 g/mol. The van der Waals surface area contributed by atoms with Crippen molar-refractivity contribution in [1.29, 1.82) is 0 Å². The third kappa shape index (κ3) is 10.2. The summed E-state index contributed by atoms with van der Waals surface area (Å²) in [5.74, 6) is -0.643. The molecule has 2 N–H and O–H groups in total. The van der Waals surface area contributed by atoms with Crippen LogP contribution in [0.4, 0.5) is 10.5 Å². The van der Waals surface area contributed by atoms with E-state index in [0.717, 1.165) is 22.2 Å². The molecule has 50 heavy (non-hydrogen) atoms. The minimum Gasteiger partial charge on any atom is -0.465 e. The largest absolute Gasteiger partial charge is 0.496 e. The first-order chi connectivity index (χ1) is 23.5. The van der Waals surface area contributed by atoms with E-state index in [1.807, 2.05) is 76.2 Å². The summed E-state index contributed by atoms with van der Waals surface area (Å²) in [6.45, 7) is 14.6. The molecule has 1 heterocycles. The smallest absolute Gasteiger partial charge is 0.465 e. The fraction of sp³-hybridized carbons (Fsp3) is 0.447. The van der Waals surface area contributed by atoms with Gasteiger partial charge in [-0.05, 0) is 84.2 Å². The minimum absolute atomic E-state index is 0.0930. The predicted molar refractivity (Wildman–Crippen MR) is 198 cm³/mol. The number of nitrogens with zero attached hydrogens (tertiary/aromatic N) is 1. The van der Waals surface area contributed by atoms with Crippen molar-refractivity contribution in [2.75, 3.05) is 32.1 Å². The lowest BCUT2D eigenvalue weighted by Gasteiger charge is -2.32. The second-order valence-corrected chi connectivity index (χ2v) is 14.8. The standard InChI is InChI=1S/C38H49BClN3O7/c1-36(2,3)48-35(46)43(25-26-15-17-29(31(40)23-26)27-13-10-9-11-14-27)22-19-33(44)42-21-12-20-41-32-24-28(34(45)47-8)16-18-30(32)39-49-37(4,5)38(6,7)50-39/h9-11,13-18,23-24,41H,12,19-22,25H2,1-8H3,(H,42,44). The molecule has 0 aliphatic carbocycles. The summed E-state index contributed by atoms with van der Waals surface area (Å²) >= 11 is 6.64. The second kappa shape index (κ2) is 16.3. The van der Waals surface area contributed by atoms with Gasteiger partial charge < -0.3 is 34.3 Å². The fourth-order valence-electron chi connectivity index (χ4n) is 5.28. The fourth-order valence-corrected chi connectivity index (χ4v) is 5.60. The Morgan fingerprint density at radius 1 is 0.920 bits per heavy atom. The molecule has 4 rings (SSSR count). The SMILES string of the molecule is COC(=O)c1ccc(B2OC(C)(C)C(C)(C)O2)c(NCCCNC(=O)CCN(Cc2ccc(-c3ccccc3)c(Cl)c2)C(=O)OC(C)(C)C)c1. The number of nitrogens with one attached hydrogen (secondary N) is 2. The molecule has 0 aromatic heterocycles. The van der Waals surface area contributed by atoms with Gasteiger partial charge >= 0.3 is 19.2 Å². The average molecular weight is 706 g/mol. The number of carbonyl (C=O) groups excluding carboxylic acids is 3. The molecule has 3 aromatic rings. The summed E-state index contributed by atoms with van der Waals surface area (Å²) in [6, 6.07) is 20.8. The van der Waals surface area contributed by atoms with Crippen LogP contribution in [0, 0.1) is 0 Å². The lowest BCUT2D eigenvalue weighted by molar-refractivity contribution is -0.121. The molecular weight excluding hydrogens is 657 g/mol. The molecule has 268 valence electrons. The number of amides is 2. The first-order valence-electron chi connectivity index (χ1n) is 16.9. The van der Waals surface area contributed by atoms with Crippen molar-refractivity contribution >= 4 is 47.8 Å². The first kappa shape index (κ1) is 38.7. The zero-order chi connectivity index (χ0) is 36.7. The molecule has 1 aliphatic heterocycles. The highest BCUT2D eigenvalue weighted by molar-refractivity contribution is 6.64. The molecule has 0 spiro atoms. The van der Waals surface area contributed by atoms with Crippen LogP contribution in [0.1, 0.15) is 77.2 Å². The topological polar surface area (TPSA) is 115 Å². The van der Waals surface area contributed by atoms with Gasteiger partial charge in [0.2, 0.25) is 5.91 Å². The van der Waals surface area contributed by atoms with Gasteiger partial charge in [-0.15, -0.1) is 0 Å². The van der Waals surface area contributed by atoms with E-state index in [-0.39, 0.29) is 25.4 Å². The van der Waals surface area contributed by atoms with Gasteiger partial charge in [0.25, 0.3) is 0 Å². The number of hydrogen-bond donors (Lipinski definition) is 2. The Morgan fingerprint density at radius 2 is 1.60 bits per heavy atom. The number of ether oxygens (including phenoxy) is 2. The van der Waals surface area contributed by atoms with Crippen molar-refractivity contribution in [3.05, 3.63) is 82.9 Å². The maximum absolute atomic E-state index is 13.1. The van der Waals surface area contributed by atoms with Crippen LogP contribution in [0.25, 0.3) is 11.1 Å². The van der Waals surface area contributed by atoms with Gasteiger partial charge in [-0.1, -0.05) is 60.1 Å². The molecule has 10 nitrogen and oxygen atoms in total. The summed E-state index contributed by atoms with van der Waals surface area (Å²) in [4.78, 5) is 39.8. The molecule has 3 aromatic carbocycles. The third-order valence-corrected chi connectivity index (χ3v) is 9.04. The summed E-state index contributed by atoms with van der Waals surface area (Å²) < 4.78 is 23.1. The molecule has 1 fully saturated rings. The highest BCUT2D eigenvalue weighted by atomic mass is 35.5. The molecule has 0 atom stereocenters. The Balaban J connectivity index is 1.33. The van der Waals surface area contributed by atoms with Crippen molar-refractivity contribution < 1.29 is 33.2 Å². The van der Waals surface area contributed by atoms with E-state index in [0.29, 0.717) is 35.8 Å². The molecule has 0 bridgehead atoms. The van der Waals surface area contributed by atoms with Gasteiger partial charge in [-0.2, -0.15) is 0 Å². The van der Waals surface area contributed by atoms with Crippen molar-refractivity contribution in [2.45, 2.75) is 84.7 Å². The van der Waals surface area contributed by atoms with Gasteiger partial charge in [0.05, 0.1) is 23.9 Å². The van der Waals surface area contributed by atoms with Gasteiger partial charge in [0, 0.05) is 54.3 Å². The lowest BCUT2D eigenvalue weighted by Crippen LogP contribution is -2.41. The molecule has 0 unspecified atom stereocenters. The number of hydrogen-bond acceptors (Lipinski definition) is 8. The van der Waals surface area contributed by atoms with Gasteiger partial charge in [-0.3, -0.25) is 4.79 Å². The van der Waals surface area contributed by atoms with Gasteiger partial charge in [-0.25, -0.2) is 9.59 Å². The van der Waals surface area contributed by atoms with Crippen molar-refractivity contribution in [3.8, 4) is 11.1 Å². The number of benzene rings is 3. The van der Waals surface area contributed by atoms with Gasteiger partial charge in [0.15, 0.2) is 0 Å². The second-order valence-electron chi connectivity index (χ2n) is 14.3. The number of rotatable bonds is 13. The quantitative estimate of drug-likeness (QED) is 0.113. The van der Waals surface area contributed by atoms with Crippen LogP contribution in [0.2, 0.25) is 5.02 Å².